The zero-order valence-electron chi connectivity index (χ0n) is 10.8. The lowest BCUT2D eigenvalue weighted by Crippen LogP contribution is -2.25. The summed E-state index contributed by atoms with van der Waals surface area (Å²) in [6.45, 7) is 0. The molecule has 1 heterocycles. The van der Waals surface area contributed by atoms with Gasteiger partial charge in [-0.15, -0.1) is 0 Å². The van der Waals surface area contributed by atoms with E-state index in [0.29, 0.717) is 0 Å². The Bertz CT molecular complexity index is 767. The van der Waals surface area contributed by atoms with Gasteiger partial charge in [-0.25, -0.2) is 13.8 Å². The quantitative estimate of drug-likeness (QED) is 0.846. The Labute approximate surface area is 119 Å². The minimum Gasteiger partial charge on any atom is -0.305 e. The highest BCUT2D eigenvalue weighted by Crippen LogP contribution is 2.17. The van der Waals surface area contributed by atoms with Gasteiger partial charge < -0.3 is 5.32 Å². The van der Waals surface area contributed by atoms with E-state index in [0.717, 1.165) is 17.7 Å². The van der Waals surface area contributed by atoms with Gasteiger partial charge in [0.2, 0.25) is 0 Å². The van der Waals surface area contributed by atoms with Gasteiger partial charge in [0, 0.05) is 6.07 Å². The Hall–Kier alpha value is -2.82. The van der Waals surface area contributed by atoms with Gasteiger partial charge in [0.25, 0.3) is 5.91 Å². The molecule has 0 atom stereocenters. The average molecular weight is 284 g/mol. The summed E-state index contributed by atoms with van der Waals surface area (Å²) in [6.07, 6.45) is 1.60. The number of hydrogen-bond donors (Lipinski definition) is 1. The van der Waals surface area contributed by atoms with Gasteiger partial charge in [-0.05, 0) is 23.8 Å². The number of halogens is 2. The molecule has 104 valence electrons. The fourth-order valence-electron chi connectivity index (χ4n) is 1.98. The van der Waals surface area contributed by atoms with Crippen molar-refractivity contribution in [3.05, 3.63) is 77.0 Å². The molecule has 0 fully saturated rings. The molecular weight excluding hydrogens is 274 g/mol. The molecule has 0 aliphatic carbocycles. The smallest absolute Gasteiger partial charge is 0.275 e. The lowest BCUT2D eigenvalue weighted by molar-refractivity contribution is -0.115. The zero-order chi connectivity index (χ0) is 14.8. The molecule has 0 spiro atoms. The highest BCUT2D eigenvalue weighted by Gasteiger charge is 2.23. The summed E-state index contributed by atoms with van der Waals surface area (Å²) >= 11 is 0. The molecule has 1 aliphatic heterocycles. The lowest BCUT2D eigenvalue weighted by Gasteiger charge is -2.01. The van der Waals surface area contributed by atoms with Crippen LogP contribution in [0.1, 0.15) is 11.1 Å². The van der Waals surface area contributed by atoms with E-state index in [9.17, 15) is 13.6 Å². The minimum absolute atomic E-state index is 0.0567. The third-order valence-corrected chi connectivity index (χ3v) is 2.99. The first kappa shape index (κ1) is 13.2. The summed E-state index contributed by atoms with van der Waals surface area (Å²) in [5, 5.41) is 2.48. The van der Waals surface area contributed by atoms with Crippen molar-refractivity contribution in [2.24, 2.45) is 4.99 Å². The van der Waals surface area contributed by atoms with E-state index < -0.39 is 17.5 Å². The number of benzene rings is 2. The van der Waals surface area contributed by atoms with Crippen LogP contribution >= 0.6 is 0 Å². The van der Waals surface area contributed by atoms with Gasteiger partial charge in [0.05, 0.1) is 5.56 Å². The van der Waals surface area contributed by atoms with Crippen molar-refractivity contribution in [2.75, 3.05) is 0 Å². The van der Waals surface area contributed by atoms with Crippen molar-refractivity contribution in [1.29, 1.82) is 0 Å². The number of rotatable bonds is 2. The second-order valence-corrected chi connectivity index (χ2v) is 4.48. The van der Waals surface area contributed by atoms with Crippen LogP contribution in [0.3, 0.4) is 0 Å². The molecule has 3 nitrogen and oxygen atoms in total. The number of carbonyl (C=O) groups is 1. The summed E-state index contributed by atoms with van der Waals surface area (Å²) in [6, 6.07) is 12.3. The van der Waals surface area contributed by atoms with Gasteiger partial charge in [-0.2, -0.15) is 0 Å². The average Bonchev–Trinajstić information content (AvgIpc) is 2.81. The van der Waals surface area contributed by atoms with Gasteiger partial charge in [-0.1, -0.05) is 30.3 Å². The van der Waals surface area contributed by atoms with E-state index in [1.54, 1.807) is 6.08 Å². The molecule has 0 unspecified atom stereocenters. The molecule has 1 aliphatic rings. The van der Waals surface area contributed by atoms with Crippen molar-refractivity contribution in [3.8, 4) is 0 Å². The van der Waals surface area contributed by atoms with E-state index in [-0.39, 0.29) is 17.1 Å². The maximum absolute atomic E-state index is 13.7. The van der Waals surface area contributed by atoms with E-state index in [2.05, 4.69) is 10.3 Å². The number of aliphatic imine (C=N–C) groups is 1. The molecule has 0 saturated heterocycles. The van der Waals surface area contributed by atoms with Gasteiger partial charge in [-0.3, -0.25) is 4.79 Å². The standard InChI is InChI=1S/C16H10F2N2O/c17-11-6-7-12(13(18)9-11)15-19-14(16(21)20-15)8-10-4-2-1-3-5-10/h1-9H,(H,19,20,21)/b14-8-. The van der Waals surface area contributed by atoms with Crippen molar-refractivity contribution in [1.82, 2.24) is 5.32 Å². The number of nitrogens with one attached hydrogen (secondary N) is 1. The first-order valence-corrected chi connectivity index (χ1v) is 6.26. The first-order valence-electron chi connectivity index (χ1n) is 6.26. The fourth-order valence-corrected chi connectivity index (χ4v) is 1.98. The predicted molar refractivity (Wildman–Crippen MR) is 75.5 cm³/mol. The van der Waals surface area contributed by atoms with Crippen molar-refractivity contribution >= 4 is 17.8 Å². The SMILES string of the molecule is O=C1NC(c2ccc(F)cc2F)=N/C1=C\c1ccccc1. The third-order valence-electron chi connectivity index (χ3n) is 2.99. The van der Waals surface area contributed by atoms with Crippen LogP contribution in [0.15, 0.2) is 59.2 Å². The van der Waals surface area contributed by atoms with E-state index >= 15 is 0 Å². The van der Waals surface area contributed by atoms with Crippen LogP contribution in [0.25, 0.3) is 6.08 Å². The summed E-state index contributed by atoms with van der Waals surface area (Å²) in [7, 11) is 0. The summed E-state index contributed by atoms with van der Waals surface area (Å²) < 4.78 is 26.6. The third kappa shape index (κ3) is 2.72. The van der Waals surface area contributed by atoms with Crippen molar-refractivity contribution < 1.29 is 13.6 Å². The van der Waals surface area contributed by atoms with Gasteiger partial charge in [0.15, 0.2) is 0 Å². The molecule has 2 aromatic rings. The summed E-state index contributed by atoms with van der Waals surface area (Å²) in [5.41, 5.74) is 1.05. The summed E-state index contributed by atoms with van der Waals surface area (Å²) in [5.74, 6) is -1.78. The van der Waals surface area contributed by atoms with E-state index in [1.807, 2.05) is 30.3 Å². The van der Waals surface area contributed by atoms with Crippen LogP contribution in [0, 0.1) is 11.6 Å². The lowest BCUT2D eigenvalue weighted by atomic mass is 10.2. The van der Waals surface area contributed by atoms with Gasteiger partial charge in [0.1, 0.15) is 23.2 Å². The minimum atomic E-state index is -0.769. The summed E-state index contributed by atoms with van der Waals surface area (Å²) in [4.78, 5) is 15.9. The number of nitrogens with zero attached hydrogens (tertiary/aromatic N) is 1. The van der Waals surface area contributed by atoms with Crippen LogP contribution in [0.5, 0.6) is 0 Å². The molecule has 1 N–H and O–H groups in total. The zero-order valence-corrected chi connectivity index (χ0v) is 10.8. The van der Waals surface area contributed by atoms with Crippen LogP contribution in [-0.2, 0) is 4.79 Å². The highest BCUT2D eigenvalue weighted by atomic mass is 19.1. The highest BCUT2D eigenvalue weighted by molar-refractivity contribution is 6.19. The molecule has 0 bridgehead atoms. The van der Waals surface area contributed by atoms with Gasteiger partial charge >= 0.3 is 0 Å². The van der Waals surface area contributed by atoms with Crippen LogP contribution in [-0.4, -0.2) is 11.7 Å². The molecule has 0 saturated carbocycles. The second-order valence-electron chi connectivity index (χ2n) is 4.48. The van der Waals surface area contributed by atoms with Crippen molar-refractivity contribution in [2.45, 2.75) is 0 Å². The molecular formula is C16H10F2N2O. The van der Waals surface area contributed by atoms with Crippen LogP contribution < -0.4 is 5.32 Å². The topological polar surface area (TPSA) is 41.5 Å². The molecule has 3 rings (SSSR count). The Morgan fingerprint density at radius 2 is 1.81 bits per heavy atom. The van der Waals surface area contributed by atoms with Crippen molar-refractivity contribution in [3.63, 3.8) is 0 Å². The Morgan fingerprint density at radius 1 is 1.05 bits per heavy atom. The predicted octanol–water partition coefficient (Wildman–Crippen LogP) is 2.88. The number of hydrogen-bond acceptors (Lipinski definition) is 2. The molecule has 21 heavy (non-hydrogen) atoms. The Balaban J connectivity index is 1.97. The molecule has 2 aromatic carbocycles. The largest absolute Gasteiger partial charge is 0.305 e. The maximum atomic E-state index is 13.7. The van der Waals surface area contributed by atoms with E-state index in [4.69, 9.17) is 0 Å². The monoisotopic (exact) mass is 284 g/mol. The van der Waals surface area contributed by atoms with E-state index in [1.165, 1.54) is 6.07 Å². The number of amidine groups is 1. The Morgan fingerprint density at radius 3 is 2.52 bits per heavy atom. The normalized spacial score (nSPS) is 16.0. The Kier molecular flexibility index (Phi) is 3.31. The molecule has 5 heteroatoms. The molecule has 0 radical (unpaired) electrons. The number of carbonyl (C=O) groups excluding carboxylic acids is 1. The second kappa shape index (κ2) is 5.28. The maximum Gasteiger partial charge on any atom is 0.275 e. The van der Waals surface area contributed by atoms with Crippen LogP contribution in [0.4, 0.5) is 8.78 Å². The molecule has 1 amide bonds. The fraction of sp³-hybridized carbons (Fsp3) is 0. The first-order chi connectivity index (χ1) is 10.1. The van der Waals surface area contributed by atoms with Crippen LogP contribution in [0.2, 0.25) is 0 Å². The molecule has 0 aromatic heterocycles. The number of amides is 1.